The van der Waals surface area contributed by atoms with E-state index in [2.05, 4.69) is 17.3 Å². The van der Waals surface area contributed by atoms with Crippen molar-refractivity contribution in [2.75, 3.05) is 20.1 Å². The zero-order valence-corrected chi connectivity index (χ0v) is 14.0. The van der Waals surface area contributed by atoms with Crippen molar-refractivity contribution >= 4 is 30.7 Å². The largest absolute Gasteiger partial charge is 0.355 e. The lowest BCUT2D eigenvalue weighted by Gasteiger charge is -2.24. The van der Waals surface area contributed by atoms with Gasteiger partial charge >= 0.3 is 0 Å². The molecular formula is C14H29Cl2N3O. The minimum absolute atomic E-state index is 0. The Morgan fingerprint density at radius 1 is 1.20 bits per heavy atom. The lowest BCUT2D eigenvalue weighted by molar-refractivity contribution is -0.124. The van der Waals surface area contributed by atoms with E-state index in [4.69, 9.17) is 5.73 Å². The molecule has 2 rings (SSSR count). The summed E-state index contributed by atoms with van der Waals surface area (Å²) >= 11 is 0. The fourth-order valence-electron chi connectivity index (χ4n) is 3.28. The minimum Gasteiger partial charge on any atom is -0.355 e. The van der Waals surface area contributed by atoms with E-state index in [1.165, 1.54) is 25.7 Å². The van der Waals surface area contributed by atoms with Crippen molar-refractivity contribution in [1.82, 2.24) is 10.2 Å². The van der Waals surface area contributed by atoms with Gasteiger partial charge in [-0.15, -0.1) is 24.8 Å². The van der Waals surface area contributed by atoms with E-state index in [-0.39, 0.29) is 42.7 Å². The highest BCUT2D eigenvalue weighted by Gasteiger charge is 2.27. The Morgan fingerprint density at radius 3 is 2.40 bits per heavy atom. The number of halogens is 2. The van der Waals surface area contributed by atoms with Crippen LogP contribution in [0, 0.1) is 5.92 Å². The second kappa shape index (κ2) is 9.82. The second-order valence-corrected chi connectivity index (χ2v) is 5.98. The fourth-order valence-corrected chi connectivity index (χ4v) is 3.28. The van der Waals surface area contributed by atoms with Gasteiger partial charge in [-0.05, 0) is 39.2 Å². The van der Waals surface area contributed by atoms with Gasteiger partial charge in [0.25, 0.3) is 0 Å². The zero-order valence-electron chi connectivity index (χ0n) is 12.3. The van der Waals surface area contributed by atoms with E-state index in [9.17, 15) is 4.79 Å². The van der Waals surface area contributed by atoms with Gasteiger partial charge in [-0.2, -0.15) is 0 Å². The highest BCUT2D eigenvalue weighted by Crippen LogP contribution is 2.24. The highest BCUT2D eigenvalue weighted by molar-refractivity contribution is 5.85. The van der Waals surface area contributed by atoms with Gasteiger partial charge in [-0.25, -0.2) is 0 Å². The number of rotatable bonds is 5. The Balaban J connectivity index is 0.00000180. The van der Waals surface area contributed by atoms with Gasteiger partial charge in [0, 0.05) is 31.1 Å². The smallest absolute Gasteiger partial charge is 0.223 e. The molecule has 2 saturated carbocycles. The van der Waals surface area contributed by atoms with Gasteiger partial charge < -0.3 is 16.0 Å². The molecule has 2 atom stereocenters. The van der Waals surface area contributed by atoms with E-state index in [1.54, 1.807) is 0 Å². The molecule has 6 heteroatoms. The molecule has 3 N–H and O–H groups in total. The summed E-state index contributed by atoms with van der Waals surface area (Å²) in [5.74, 6) is 0.375. The molecule has 0 aromatic rings. The Bertz CT molecular complexity index is 286. The molecule has 4 nitrogen and oxygen atoms in total. The average molecular weight is 326 g/mol. The number of amides is 1. The molecule has 2 aliphatic rings. The normalized spacial score (nSPS) is 26.1. The molecule has 0 aliphatic heterocycles. The van der Waals surface area contributed by atoms with Crippen molar-refractivity contribution in [2.45, 2.75) is 57.0 Å². The molecular weight excluding hydrogens is 297 g/mol. The quantitative estimate of drug-likeness (QED) is 0.812. The first-order valence-electron chi connectivity index (χ1n) is 7.40. The van der Waals surface area contributed by atoms with E-state index < -0.39 is 0 Å². The van der Waals surface area contributed by atoms with Gasteiger partial charge in [-0.3, -0.25) is 4.79 Å². The van der Waals surface area contributed by atoms with E-state index >= 15 is 0 Å². The molecule has 0 radical (unpaired) electrons. The van der Waals surface area contributed by atoms with Crippen LogP contribution in [0.1, 0.15) is 44.9 Å². The zero-order chi connectivity index (χ0) is 13.0. The van der Waals surface area contributed by atoms with Crippen molar-refractivity contribution < 1.29 is 4.79 Å². The molecule has 0 heterocycles. The third kappa shape index (κ3) is 5.76. The van der Waals surface area contributed by atoms with E-state index in [1.807, 2.05) is 0 Å². The maximum absolute atomic E-state index is 11.9. The Morgan fingerprint density at radius 2 is 1.85 bits per heavy atom. The summed E-state index contributed by atoms with van der Waals surface area (Å²) in [6, 6.07) is 0.976. The van der Waals surface area contributed by atoms with Crippen LogP contribution in [0.25, 0.3) is 0 Å². The number of hydrogen-bond acceptors (Lipinski definition) is 3. The number of nitrogens with zero attached hydrogens (tertiary/aromatic N) is 1. The third-order valence-corrected chi connectivity index (χ3v) is 4.56. The number of nitrogens with one attached hydrogen (secondary N) is 1. The molecule has 2 fully saturated rings. The van der Waals surface area contributed by atoms with Gasteiger partial charge in [0.2, 0.25) is 5.91 Å². The molecule has 0 spiro atoms. The average Bonchev–Trinajstić information content (AvgIpc) is 2.99. The van der Waals surface area contributed by atoms with Crippen LogP contribution in [-0.2, 0) is 4.79 Å². The third-order valence-electron chi connectivity index (χ3n) is 4.56. The Kier molecular flexibility index (Phi) is 9.81. The molecule has 120 valence electrons. The van der Waals surface area contributed by atoms with Crippen LogP contribution < -0.4 is 11.1 Å². The first-order chi connectivity index (χ1) is 8.66. The van der Waals surface area contributed by atoms with Crippen LogP contribution in [0.4, 0.5) is 0 Å². The highest BCUT2D eigenvalue weighted by atomic mass is 35.5. The lowest BCUT2D eigenvalue weighted by Crippen LogP contribution is -2.39. The summed E-state index contributed by atoms with van der Waals surface area (Å²) in [4.78, 5) is 14.3. The van der Waals surface area contributed by atoms with E-state index in [0.717, 1.165) is 38.4 Å². The Hall–Kier alpha value is -0.0300. The van der Waals surface area contributed by atoms with Gasteiger partial charge in [0.15, 0.2) is 0 Å². The number of nitrogens with two attached hydrogens (primary N) is 1. The fraction of sp³-hybridized carbons (Fsp3) is 0.929. The molecule has 0 saturated heterocycles. The van der Waals surface area contributed by atoms with Crippen molar-refractivity contribution in [3.8, 4) is 0 Å². The number of carbonyl (C=O) groups is 1. The molecule has 1 amide bonds. The maximum atomic E-state index is 11.9. The summed E-state index contributed by atoms with van der Waals surface area (Å²) in [6.45, 7) is 1.74. The molecule has 0 aromatic heterocycles. The summed E-state index contributed by atoms with van der Waals surface area (Å²) in [6.07, 6.45) is 8.20. The Labute approximate surface area is 135 Å². The summed E-state index contributed by atoms with van der Waals surface area (Å²) in [5, 5.41) is 3.06. The summed E-state index contributed by atoms with van der Waals surface area (Å²) in [7, 11) is 2.17. The van der Waals surface area contributed by atoms with Crippen LogP contribution in [-0.4, -0.2) is 43.0 Å². The molecule has 2 aliphatic carbocycles. The molecule has 20 heavy (non-hydrogen) atoms. The number of likely N-dealkylation sites (N-methyl/N-ethyl adjacent to an activating group) is 1. The predicted octanol–water partition coefficient (Wildman–Crippen LogP) is 1.95. The van der Waals surface area contributed by atoms with Crippen LogP contribution in [0.15, 0.2) is 0 Å². The van der Waals surface area contributed by atoms with Crippen LogP contribution in [0.3, 0.4) is 0 Å². The van der Waals surface area contributed by atoms with E-state index in [0.29, 0.717) is 0 Å². The van der Waals surface area contributed by atoms with Gasteiger partial charge in [0.05, 0.1) is 0 Å². The molecule has 2 unspecified atom stereocenters. The van der Waals surface area contributed by atoms with Gasteiger partial charge in [0.1, 0.15) is 0 Å². The van der Waals surface area contributed by atoms with Crippen LogP contribution in [0.2, 0.25) is 0 Å². The number of hydrogen-bond donors (Lipinski definition) is 2. The minimum atomic E-state index is 0. The molecule has 0 bridgehead atoms. The number of carbonyl (C=O) groups excluding carboxylic acids is 1. The van der Waals surface area contributed by atoms with Gasteiger partial charge in [-0.1, -0.05) is 12.8 Å². The predicted molar refractivity (Wildman–Crippen MR) is 87.7 cm³/mol. The van der Waals surface area contributed by atoms with Crippen molar-refractivity contribution in [2.24, 2.45) is 11.7 Å². The topological polar surface area (TPSA) is 58.4 Å². The van der Waals surface area contributed by atoms with Crippen molar-refractivity contribution in [1.29, 1.82) is 0 Å². The summed E-state index contributed by atoms with van der Waals surface area (Å²) in [5.41, 5.74) is 5.83. The maximum Gasteiger partial charge on any atom is 0.223 e. The van der Waals surface area contributed by atoms with Crippen molar-refractivity contribution in [3.05, 3.63) is 0 Å². The second-order valence-electron chi connectivity index (χ2n) is 5.98. The van der Waals surface area contributed by atoms with Crippen LogP contribution >= 0.6 is 24.8 Å². The molecule has 0 aromatic carbocycles. The first-order valence-corrected chi connectivity index (χ1v) is 7.40. The van der Waals surface area contributed by atoms with Crippen LogP contribution in [0.5, 0.6) is 0 Å². The summed E-state index contributed by atoms with van der Waals surface area (Å²) < 4.78 is 0. The monoisotopic (exact) mass is 325 g/mol. The standard InChI is InChI=1S/C14H27N3O.2ClH/c1-17(13-4-2-3-5-13)9-8-16-14(18)11-6-7-12(15)10-11;;/h11-13H,2-10,15H2,1H3,(H,16,18);2*1H. The first kappa shape index (κ1) is 20.0. The lowest BCUT2D eigenvalue weighted by atomic mass is 10.1. The van der Waals surface area contributed by atoms with Crippen molar-refractivity contribution in [3.63, 3.8) is 0 Å². The SMILES string of the molecule is CN(CCNC(=O)C1CCC(N)C1)C1CCCC1.Cl.Cl.